The fraction of sp³-hybridized carbons (Fsp3) is 0.545. The van der Waals surface area contributed by atoms with Crippen LogP contribution in [0.2, 0.25) is 0 Å². The second-order valence-electron chi connectivity index (χ2n) is 4.04. The lowest BCUT2D eigenvalue weighted by atomic mass is 10.2. The van der Waals surface area contributed by atoms with E-state index in [4.69, 9.17) is 0 Å². The summed E-state index contributed by atoms with van der Waals surface area (Å²) >= 11 is 0. The molecule has 15 heavy (non-hydrogen) atoms. The van der Waals surface area contributed by atoms with Crippen LogP contribution in [0.5, 0.6) is 0 Å². The van der Waals surface area contributed by atoms with Crippen molar-refractivity contribution < 1.29 is 4.21 Å². The van der Waals surface area contributed by atoms with Crippen molar-refractivity contribution in [3.8, 4) is 0 Å². The monoisotopic (exact) mass is 224 g/mol. The first-order valence-electron chi connectivity index (χ1n) is 5.27. The molecule has 4 heteroatoms. The van der Waals surface area contributed by atoms with E-state index in [1.54, 1.807) is 6.20 Å². The van der Waals surface area contributed by atoms with Crippen molar-refractivity contribution in [1.82, 2.24) is 10.3 Å². The first kappa shape index (κ1) is 10.8. The molecule has 1 aliphatic heterocycles. The van der Waals surface area contributed by atoms with Crippen LogP contribution in [0.15, 0.2) is 23.4 Å². The van der Waals surface area contributed by atoms with E-state index >= 15 is 0 Å². The summed E-state index contributed by atoms with van der Waals surface area (Å²) < 4.78 is 11.9. The zero-order valence-corrected chi connectivity index (χ0v) is 9.72. The molecule has 0 amide bonds. The van der Waals surface area contributed by atoms with Gasteiger partial charge < -0.3 is 5.32 Å². The molecule has 2 atom stereocenters. The molecule has 1 aromatic heterocycles. The molecule has 0 spiro atoms. The van der Waals surface area contributed by atoms with Crippen LogP contribution in [0.25, 0.3) is 0 Å². The molecule has 1 aromatic rings. The maximum Gasteiger partial charge on any atom is 0.127 e. The number of hydrogen-bond acceptors (Lipinski definition) is 3. The average molecular weight is 224 g/mol. The Balaban J connectivity index is 1.98. The molecule has 82 valence electrons. The Hall–Kier alpha value is -0.740. The third-order valence-electron chi connectivity index (χ3n) is 2.67. The van der Waals surface area contributed by atoms with Crippen molar-refractivity contribution in [1.29, 1.82) is 0 Å². The normalized spacial score (nSPS) is 22.9. The highest BCUT2D eigenvalue weighted by Crippen LogP contribution is 2.13. The summed E-state index contributed by atoms with van der Waals surface area (Å²) in [5.41, 5.74) is 1.11. The molecule has 0 aliphatic carbocycles. The van der Waals surface area contributed by atoms with Gasteiger partial charge in [0.2, 0.25) is 0 Å². The van der Waals surface area contributed by atoms with Gasteiger partial charge in [-0.3, -0.25) is 4.21 Å². The predicted molar refractivity (Wildman–Crippen MR) is 61.2 cm³/mol. The Morgan fingerprint density at radius 2 is 2.47 bits per heavy atom. The molecule has 0 radical (unpaired) electrons. The lowest BCUT2D eigenvalue weighted by Gasteiger charge is -2.07. The molecule has 2 rings (SSSR count). The predicted octanol–water partition coefficient (Wildman–Crippen LogP) is 1.11. The Kier molecular flexibility index (Phi) is 3.49. The van der Waals surface area contributed by atoms with Crippen LogP contribution in [0.3, 0.4) is 0 Å². The number of rotatable bonds is 3. The van der Waals surface area contributed by atoms with E-state index in [2.05, 4.69) is 10.3 Å². The van der Waals surface area contributed by atoms with Crippen LogP contribution in [0.4, 0.5) is 0 Å². The molecule has 2 heterocycles. The number of aromatic nitrogens is 1. The van der Waals surface area contributed by atoms with Crippen molar-refractivity contribution in [2.45, 2.75) is 18.4 Å². The third kappa shape index (κ3) is 2.86. The number of nitrogens with one attached hydrogen (secondary N) is 1. The second kappa shape index (κ2) is 4.86. The molecule has 1 aliphatic rings. The standard InChI is InChI=1S/C11H16N2OS/c1-9-2-3-11(13-6-9)15(14)8-10-4-5-12-7-10/h2-3,6,10,12H,4-5,7-8H2,1H3/t10-,15+/m0/s1. The molecular weight excluding hydrogens is 208 g/mol. The summed E-state index contributed by atoms with van der Waals surface area (Å²) in [6, 6.07) is 3.83. The fourth-order valence-corrected chi connectivity index (χ4v) is 3.02. The summed E-state index contributed by atoms with van der Waals surface area (Å²) in [5, 5.41) is 4.00. The summed E-state index contributed by atoms with van der Waals surface area (Å²) in [7, 11) is -0.933. The zero-order chi connectivity index (χ0) is 10.7. The van der Waals surface area contributed by atoms with Crippen LogP contribution in [0.1, 0.15) is 12.0 Å². The fourth-order valence-electron chi connectivity index (χ4n) is 1.75. The maximum atomic E-state index is 11.9. The van der Waals surface area contributed by atoms with E-state index in [1.165, 1.54) is 0 Å². The molecule has 0 aromatic carbocycles. The topological polar surface area (TPSA) is 42.0 Å². The average Bonchev–Trinajstić information content (AvgIpc) is 2.71. The third-order valence-corrected chi connectivity index (χ3v) is 4.15. The van der Waals surface area contributed by atoms with E-state index in [1.807, 2.05) is 19.1 Å². The quantitative estimate of drug-likeness (QED) is 0.836. The lowest BCUT2D eigenvalue weighted by molar-refractivity contribution is 0.631. The van der Waals surface area contributed by atoms with Crippen molar-refractivity contribution in [2.75, 3.05) is 18.8 Å². The van der Waals surface area contributed by atoms with Gasteiger partial charge in [0.15, 0.2) is 0 Å². The molecule has 1 fully saturated rings. The molecule has 1 saturated heterocycles. The number of pyridine rings is 1. The van der Waals surface area contributed by atoms with E-state index in [0.29, 0.717) is 10.9 Å². The zero-order valence-electron chi connectivity index (χ0n) is 8.90. The summed E-state index contributed by atoms with van der Waals surface area (Å²) in [6.45, 7) is 4.04. The minimum Gasteiger partial charge on any atom is -0.316 e. The Morgan fingerprint density at radius 3 is 3.07 bits per heavy atom. The number of hydrogen-bond donors (Lipinski definition) is 1. The van der Waals surface area contributed by atoms with Gasteiger partial charge in [0.25, 0.3) is 0 Å². The van der Waals surface area contributed by atoms with Crippen LogP contribution >= 0.6 is 0 Å². The van der Waals surface area contributed by atoms with Crippen molar-refractivity contribution >= 4 is 10.8 Å². The van der Waals surface area contributed by atoms with Gasteiger partial charge in [-0.2, -0.15) is 0 Å². The maximum absolute atomic E-state index is 11.9. The number of nitrogens with zero attached hydrogens (tertiary/aromatic N) is 1. The lowest BCUT2D eigenvalue weighted by Crippen LogP contribution is -2.15. The first-order valence-corrected chi connectivity index (χ1v) is 6.59. The van der Waals surface area contributed by atoms with Crippen LogP contribution in [-0.2, 0) is 10.8 Å². The van der Waals surface area contributed by atoms with Crippen molar-refractivity contribution in [3.63, 3.8) is 0 Å². The van der Waals surface area contributed by atoms with Gasteiger partial charge >= 0.3 is 0 Å². The highest BCUT2D eigenvalue weighted by Gasteiger charge is 2.18. The van der Waals surface area contributed by atoms with E-state index in [9.17, 15) is 4.21 Å². The molecule has 0 saturated carbocycles. The van der Waals surface area contributed by atoms with Crippen LogP contribution in [-0.4, -0.2) is 28.0 Å². The minimum absolute atomic E-state index is 0.550. The van der Waals surface area contributed by atoms with Gasteiger partial charge in [-0.15, -0.1) is 0 Å². The molecule has 0 unspecified atom stereocenters. The van der Waals surface area contributed by atoms with Crippen molar-refractivity contribution in [2.24, 2.45) is 5.92 Å². The summed E-state index contributed by atoms with van der Waals surface area (Å²) in [6.07, 6.45) is 2.91. The van der Waals surface area contributed by atoms with Crippen molar-refractivity contribution in [3.05, 3.63) is 23.9 Å². The highest BCUT2D eigenvalue weighted by atomic mass is 32.2. The first-order chi connectivity index (χ1) is 7.25. The van der Waals surface area contributed by atoms with E-state index < -0.39 is 10.8 Å². The van der Waals surface area contributed by atoms with Gasteiger partial charge in [-0.25, -0.2) is 4.98 Å². The van der Waals surface area contributed by atoms with E-state index in [-0.39, 0.29) is 0 Å². The molecular formula is C11H16N2OS. The van der Waals surface area contributed by atoms with Gasteiger partial charge in [-0.1, -0.05) is 6.07 Å². The Bertz CT molecular complexity index is 344. The minimum atomic E-state index is -0.933. The highest BCUT2D eigenvalue weighted by molar-refractivity contribution is 7.84. The second-order valence-corrected chi connectivity index (χ2v) is 5.49. The van der Waals surface area contributed by atoms with Crippen LogP contribution < -0.4 is 5.32 Å². The largest absolute Gasteiger partial charge is 0.316 e. The van der Waals surface area contributed by atoms with E-state index in [0.717, 1.165) is 30.8 Å². The van der Waals surface area contributed by atoms with Gasteiger partial charge in [-0.05, 0) is 44.0 Å². The number of aryl methyl sites for hydroxylation is 1. The van der Waals surface area contributed by atoms with Crippen LogP contribution in [0, 0.1) is 12.8 Å². The SMILES string of the molecule is Cc1ccc([S@](=O)C[C@H]2CCNC2)nc1. The Labute approximate surface area is 92.8 Å². The molecule has 1 N–H and O–H groups in total. The van der Waals surface area contributed by atoms with Gasteiger partial charge in [0.1, 0.15) is 5.03 Å². The molecule has 0 bridgehead atoms. The summed E-state index contributed by atoms with van der Waals surface area (Å²) in [4.78, 5) is 4.20. The Morgan fingerprint density at radius 1 is 1.60 bits per heavy atom. The molecule has 3 nitrogen and oxygen atoms in total. The summed E-state index contributed by atoms with van der Waals surface area (Å²) in [5.74, 6) is 1.29. The van der Waals surface area contributed by atoms with Gasteiger partial charge in [0, 0.05) is 11.9 Å². The smallest absolute Gasteiger partial charge is 0.127 e. The van der Waals surface area contributed by atoms with Gasteiger partial charge in [0.05, 0.1) is 10.8 Å².